The predicted octanol–water partition coefficient (Wildman–Crippen LogP) is 4.77. The van der Waals surface area contributed by atoms with E-state index in [1.165, 1.54) is 18.2 Å². The van der Waals surface area contributed by atoms with Crippen LogP contribution < -0.4 is 11.1 Å². The van der Waals surface area contributed by atoms with E-state index in [1.807, 2.05) is 24.3 Å². The van der Waals surface area contributed by atoms with E-state index < -0.39 is 12.1 Å². The lowest BCUT2D eigenvalue weighted by molar-refractivity contribution is -0.192. The number of amides is 1. The first-order valence-corrected chi connectivity index (χ1v) is 10.7. The van der Waals surface area contributed by atoms with Crippen LogP contribution in [0.5, 0.6) is 0 Å². The molecule has 1 aliphatic carbocycles. The molecule has 2 aromatic heterocycles. The number of H-pyrrole nitrogens is 1. The van der Waals surface area contributed by atoms with Gasteiger partial charge >= 0.3 is 12.1 Å². The van der Waals surface area contributed by atoms with Crippen LogP contribution in [-0.4, -0.2) is 38.1 Å². The molecule has 186 valence electrons. The van der Waals surface area contributed by atoms with E-state index in [9.17, 15) is 18.0 Å². The minimum atomic E-state index is -5.08. The lowest BCUT2D eigenvalue weighted by Crippen LogP contribution is -2.21. The van der Waals surface area contributed by atoms with Crippen molar-refractivity contribution in [2.75, 3.05) is 11.1 Å². The fraction of sp³-hybridized carbons (Fsp3) is 0.208. The van der Waals surface area contributed by atoms with Crippen LogP contribution in [-0.2, 0) is 4.79 Å². The van der Waals surface area contributed by atoms with E-state index in [-0.39, 0.29) is 17.4 Å². The number of alkyl halides is 3. The highest BCUT2D eigenvalue weighted by Crippen LogP contribution is 2.35. The fourth-order valence-electron chi connectivity index (χ4n) is 3.43. The number of carboxylic acids is 1. The highest BCUT2D eigenvalue weighted by Gasteiger charge is 2.38. The van der Waals surface area contributed by atoms with Gasteiger partial charge in [0, 0.05) is 23.0 Å². The Morgan fingerprint density at radius 2 is 1.83 bits per heavy atom. The van der Waals surface area contributed by atoms with Gasteiger partial charge in [-0.15, -0.1) is 0 Å². The third-order valence-corrected chi connectivity index (χ3v) is 5.18. The highest BCUT2D eigenvalue weighted by atomic mass is 19.4. The molecule has 0 unspecified atom stereocenters. The van der Waals surface area contributed by atoms with Gasteiger partial charge in [0.15, 0.2) is 5.82 Å². The third-order valence-electron chi connectivity index (χ3n) is 5.18. The second-order valence-corrected chi connectivity index (χ2v) is 7.72. The number of carbonyl (C=O) groups is 2. The number of allylic oxidation sites excluding steroid dienone is 2. The molecule has 0 atom stereocenters. The number of imidazole rings is 1. The van der Waals surface area contributed by atoms with Gasteiger partial charge < -0.3 is 21.1 Å². The molecule has 1 aromatic carbocycles. The number of nitrogens with two attached hydrogens (primary N) is 1. The van der Waals surface area contributed by atoms with E-state index in [1.54, 1.807) is 12.3 Å². The first-order valence-electron chi connectivity index (χ1n) is 10.7. The van der Waals surface area contributed by atoms with Gasteiger partial charge in [-0.25, -0.2) is 14.8 Å². The predicted molar refractivity (Wildman–Crippen MR) is 125 cm³/mol. The van der Waals surface area contributed by atoms with Crippen LogP contribution in [0.25, 0.3) is 16.7 Å². The number of rotatable bonds is 4. The van der Waals surface area contributed by atoms with Crippen molar-refractivity contribution in [3.63, 3.8) is 0 Å². The molecule has 5 N–H and O–H groups in total. The van der Waals surface area contributed by atoms with Crippen molar-refractivity contribution >= 4 is 29.0 Å². The Labute approximate surface area is 203 Å². The Kier molecular flexibility index (Phi) is 8.06. The molecule has 0 aliphatic heterocycles. The van der Waals surface area contributed by atoms with Crippen molar-refractivity contribution in [1.29, 1.82) is 5.26 Å². The molecule has 1 amide bonds. The van der Waals surface area contributed by atoms with Crippen LogP contribution in [0.2, 0.25) is 0 Å². The highest BCUT2D eigenvalue weighted by molar-refractivity contribution is 6.03. The van der Waals surface area contributed by atoms with Crippen molar-refractivity contribution in [2.24, 2.45) is 0 Å². The Hall–Kier alpha value is -4.66. The summed E-state index contributed by atoms with van der Waals surface area (Å²) in [5, 5.41) is 19.0. The van der Waals surface area contributed by atoms with Crippen molar-refractivity contribution in [3.05, 3.63) is 65.9 Å². The summed E-state index contributed by atoms with van der Waals surface area (Å²) in [6, 6.07) is 11.5. The molecule has 1 aliphatic rings. The molecule has 0 saturated heterocycles. The quantitative estimate of drug-likeness (QED) is 0.403. The van der Waals surface area contributed by atoms with Crippen molar-refractivity contribution in [2.45, 2.75) is 31.9 Å². The van der Waals surface area contributed by atoms with Crippen LogP contribution in [0, 0.1) is 11.3 Å². The minimum Gasteiger partial charge on any atom is -0.475 e. The summed E-state index contributed by atoms with van der Waals surface area (Å²) in [4.78, 5) is 32.4. The zero-order chi connectivity index (χ0) is 26.3. The molecule has 4 rings (SSSR count). The lowest BCUT2D eigenvalue weighted by Gasteiger charge is -2.18. The number of nitrogens with one attached hydrogen (secondary N) is 2. The molecule has 9 nitrogen and oxygen atoms in total. The summed E-state index contributed by atoms with van der Waals surface area (Å²) in [6.07, 6.45) is 4.53. The van der Waals surface area contributed by atoms with Crippen LogP contribution in [0.4, 0.5) is 24.7 Å². The van der Waals surface area contributed by atoms with Crippen LogP contribution in [0.3, 0.4) is 0 Å². The van der Waals surface area contributed by atoms with E-state index in [2.05, 4.69) is 32.4 Å². The number of pyridine rings is 1. The number of hydrogen-bond donors (Lipinski definition) is 4. The summed E-state index contributed by atoms with van der Waals surface area (Å²) < 4.78 is 31.7. The number of hydrogen-bond acceptors (Lipinski definition) is 6. The van der Waals surface area contributed by atoms with Crippen molar-refractivity contribution < 1.29 is 27.9 Å². The number of aromatic nitrogens is 3. The Morgan fingerprint density at radius 3 is 2.39 bits per heavy atom. The number of carboxylic acid groups (broad SMARTS) is 1. The summed E-state index contributed by atoms with van der Waals surface area (Å²) in [7, 11) is 0. The lowest BCUT2D eigenvalue weighted by atomic mass is 9.90. The van der Waals surface area contributed by atoms with Gasteiger partial charge in [-0.05, 0) is 61.1 Å². The Bertz CT molecular complexity index is 1320. The molecular formula is C24H21F3N6O3. The molecule has 3 aromatic rings. The van der Waals surface area contributed by atoms with Gasteiger partial charge in [-0.3, -0.25) is 4.79 Å². The number of aromatic amines is 1. The van der Waals surface area contributed by atoms with E-state index in [4.69, 9.17) is 20.9 Å². The zero-order valence-electron chi connectivity index (χ0n) is 18.8. The molecule has 0 fully saturated rings. The summed E-state index contributed by atoms with van der Waals surface area (Å²) in [5.41, 5.74) is 10.8. The maximum absolute atomic E-state index is 12.6. The number of anilines is 2. The second kappa shape index (κ2) is 11.2. The summed E-state index contributed by atoms with van der Waals surface area (Å²) in [6.45, 7) is 0. The largest absolute Gasteiger partial charge is 0.490 e. The van der Waals surface area contributed by atoms with Crippen LogP contribution in [0.15, 0.2) is 48.8 Å². The normalized spacial score (nSPS) is 13.0. The summed E-state index contributed by atoms with van der Waals surface area (Å²) >= 11 is 0. The zero-order valence-corrected chi connectivity index (χ0v) is 18.8. The van der Waals surface area contributed by atoms with E-state index in [0.717, 1.165) is 36.0 Å². The Morgan fingerprint density at radius 1 is 1.11 bits per heavy atom. The van der Waals surface area contributed by atoms with Gasteiger partial charge in [0.1, 0.15) is 17.6 Å². The van der Waals surface area contributed by atoms with Crippen molar-refractivity contribution in [3.8, 4) is 17.2 Å². The molecule has 0 bridgehead atoms. The molecule has 12 heteroatoms. The first kappa shape index (κ1) is 26.0. The molecule has 0 spiro atoms. The number of carbonyl (C=O) groups excluding carboxylic acids is 1. The van der Waals surface area contributed by atoms with Crippen LogP contribution >= 0.6 is 0 Å². The maximum Gasteiger partial charge on any atom is 0.490 e. The number of halogens is 3. The van der Waals surface area contributed by atoms with Gasteiger partial charge in [0.05, 0.1) is 6.20 Å². The van der Waals surface area contributed by atoms with E-state index >= 15 is 0 Å². The number of benzene rings is 1. The van der Waals surface area contributed by atoms with E-state index in [0.29, 0.717) is 11.5 Å². The number of nitrogens with zero attached hydrogens (tertiary/aromatic N) is 3. The summed E-state index contributed by atoms with van der Waals surface area (Å²) in [5.74, 6) is -2.56. The molecule has 0 radical (unpaired) electrons. The van der Waals surface area contributed by atoms with Crippen LogP contribution in [0.1, 0.15) is 47.6 Å². The number of nitrogen functional groups attached to an aromatic ring is 1. The molecule has 2 heterocycles. The Balaban J connectivity index is 0.000000454. The maximum atomic E-state index is 12.6. The average Bonchev–Trinajstić information content (AvgIpc) is 3.35. The second-order valence-electron chi connectivity index (χ2n) is 7.72. The molecular weight excluding hydrogens is 477 g/mol. The van der Waals surface area contributed by atoms with Gasteiger partial charge in [-0.1, -0.05) is 12.1 Å². The van der Waals surface area contributed by atoms with Crippen molar-refractivity contribution in [1.82, 2.24) is 15.0 Å². The molecule has 0 saturated carbocycles. The topological polar surface area (TPSA) is 158 Å². The minimum absolute atomic E-state index is 0.108. The number of nitriles is 1. The fourth-order valence-corrected chi connectivity index (χ4v) is 3.43. The third kappa shape index (κ3) is 6.69. The standard InChI is InChI=1S/C22H20N6O.C2HF3O2/c23-11-17-13-26-21(27-17)22(29)28-19-8-6-15(16-7-9-20(24)25-12-16)10-18(19)14-4-2-1-3-5-14;3-2(4,5)1(6)7/h4,6-10,12-13H,1-3,5H2,(H2,24,25)(H,26,27)(H,28,29);(H,6,7). The number of aliphatic carboxylic acids is 1. The van der Waals surface area contributed by atoms with Gasteiger partial charge in [-0.2, -0.15) is 18.4 Å². The SMILES string of the molecule is N#Cc1cnc(C(=O)Nc2ccc(-c3ccc(N)nc3)cc2C2=CCCCC2)[nH]1.O=C(O)C(F)(F)F. The molecule has 36 heavy (non-hydrogen) atoms. The van der Waals surface area contributed by atoms with Gasteiger partial charge in [0.25, 0.3) is 5.91 Å². The average molecular weight is 498 g/mol. The van der Waals surface area contributed by atoms with Gasteiger partial charge in [0.2, 0.25) is 0 Å². The smallest absolute Gasteiger partial charge is 0.475 e. The first-order chi connectivity index (χ1) is 17.1. The monoisotopic (exact) mass is 498 g/mol.